The molecule has 5 heteroatoms. The van der Waals surface area contributed by atoms with Gasteiger partial charge in [-0.05, 0) is 26.8 Å². The topological polar surface area (TPSA) is 77.2 Å². The number of primary amides is 1. The van der Waals surface area contributed by atoms with Crippen LogP contribution in [0.25, 0.3) is 0 Å². The molecule has 1 rings (SSSR count). The third-order valence-corrected chi connectivity index (χ3v) is 2.50. The Morgan fingerprint density at radius 1 is 1.44 bits per heavy atom. The number of aromatic nitrogens is 1. The van der Waals surface area contributed by atoms with Gasteiger partial charge >= 0.3 is 0 Å². The first kappa shape index (κ1) is 14.4. The van der Waals surface area contributed by atoms with Crippen LogP contribution in [0.1, 0.15) is 35.1 Å². The van der Waals surface area contributed by atoms with Gasteiger partial charge in [-0.2, -0.15) is 0 Å². The predicted molar refractivity (Wildman–Crippen MR) is 70.9 cm³/mol. The molecular weight excluding hydrogens is 230 g/mol. The number of ether oxygens (including phenoxy) is 1. The van der Waals surface area contributed by atoms with Crippen molar-refractivity contribution in [2.24, 2.45) is 5.73 Å². The molecule has 0 fully saturated rings. The highest BCUT2D eigenvalue weighted by Gasteiger charge is 2.14. The highest BCUT2D eigenvalue weighted by atomic mass is 16.5. The van der Waals surface area contributed by atoms with Crippen molar-refractivity contribution < 1.29 is 9.53 Å². The molecule has 0 unspecified atom stereocenters. The zero-order valence-electron chi connectivity index (χ0n) is 11.2. The second-order valence-electron chi connectivity index (χ2n) is 4.18. The van der Waals surface area contributed by atoms with Crippen molar-refractivity contribution >= 4 is 5.91 Å². The fraction of sp³-hybridized carbons (Fsp3) is 0.538. The molecule has 0 spiro atoms. The summed E-state index contributed by atoms with van der Waals surface area (Å²) >= 11 is 0. The molecule has 3 N–H and O–H groups in total. The first-order valence-corrected chi connectivity index (χ1v) is 6.17. The van der Waals surface area contributed by atoms with Gasteiger partial charge in [-0.3, -0.25) is 9.78 Å². The summed E-state index contributed by atoms with van der Waals surface area (Å²) in [5.41, 5.74) is 7.14. The van der Waals surface area contributed by atoms with Gasteiger partial charge in [0.25, 0.3) is 5.91 Å². The van der Waals surface area contributed by atoms with Crippen LogP contribution in [0.15, 0.2) is 6.07 Å². The standard InChI is InChI=1S/C13H21N3O2/c1-4-5-15-6-7-18-11-8-9(2)16-10(3)12(11)13(14)17/h8,15H,4-7H2,1-3H3,(H2,14,17). The van der Waals surface area contributed by atoms with Crippen molar-refractivity contribution in [1.29, 1.82) is 0 Å². The average Bonchev–Trinajstić information content (AvgIpc) is 2.27. The smallest absolute Gasteiger partial charge is 0.254 e. The third kappa shape index (κ3) is 4.00. The molecule has 0 aliphatic carbocycles. The molecule has 1 aromatic heterocycles. The predicted octanol–water partition coefficient (Wildman–Crippen LogP) is 1.18. The van der Waals surface area contributed by atoms with Crippen molar-refractivity contribution in [3.63, 3.8) is 0 Å². The van der Waals surface area contributed by atoms with E-state index in [2.05, 4.69) is 17.2 Å². The molecule has 0 bridgehead atoms. The van der Waals surface area contributed by atoms with Crippen molar-refractivity contribution in [2.75, 3.05) is 19.7 Å². The number of amides is 1. The van der Waals surface area contributed by atoms with Gasteiger partial charge in [0.15, 0.2) is 0 Å². The Labute approximate surface area is 108 Å². The molecule has 0 radical (unpaired) electrons. The molecule has 1 heterocycles. The third-order valence-electron chi connectivity index (χ3n) is 2.50. The van der Waals surface area contributed by atoms with Gasteiger partial charge in [-0.25, -0.2) is 0 Å². The lowest BCUT2D eigenvalue weighted by atomic mass is 10.1. The van der Waals surface area contributed by atoms with Crippen LogP contribution in [0, 0.1) is 13.8 Å². The Morgan fingerprint density at radius 2 is 2.17 bits per heavy atom. The Morgan fingerprint density at radius 3 is 2.78 bits per heavy atom. The largest absolute Gasteiger partial charge is 0.491 e. The fourth-order valence-corrected chi connectivity index (χ4v) is 1.74. The number of carbonyl (C=O) groups is 1. The lowest BCUT2D eigenvalue weighted by Crippen LogP contribution is -2.23. The zero-order chi connectivity index (χ0) is 13.5. The number of carbonyl (C=O) groups excluding carboxylic acids is 1. The summed E-state index contributed by atoms with van der Waals surface area (Å²) in [6.45, 7) is 7.93. The van der Waals surface area contributed by atoms with E-state index in [1.807, 2.05) is 6.92 Å². The number of nitrogens with one attached hydrogen (secondary N) is 1. The van der Waals surface area contributed by atoms with Crippen LogP contribution in [0.2, 0.25) is 0 Å². The molecule has 0 aliphatic heterocycles. The van der Waals surface area contributed by atoms with E-state index < -0.39 is 5.91 Å². The van der Waals surface area contributed by atoms with Crippen LogP contribution in [-0.4, -0.2) is 30.6 Å². The summed E-state index contributed by atoms with van der Waals surface area (Å²) in [6, 6.07) is 1.74. The summed E-state index contributed by atoms with van der Waals surface area (Å²) < 4.78 is 5.60. The number of hydrogen-bond acceptors (Lipinski definition) is 4. The van der Waals surface area contributed by atoms with Crippen molar-refractivity contribution in [3.05, 3.63) is 23.0 Å². The summed E-state index contributed by atoms with van der Waals surface area (Å²) in [7, 11) is 0. The maximum atomic E-state index is 11.4. The van der Waals surface area contributed by atoms with Crippen molar-refractivity contribution in [2.45, 2.75) is 27.2 Å². The molecule has 1 aromatic rings. The van der Waals surface area contributed by atoms with E-state index in [1.165, 1.54) is 0 Å². The van der Waals surface area contributed by atoms with Crippen molar-refractivity contribution in [3.8, 4) is 5.75 Å². The van der Waals surface area contributed by atoms with Crippen LogP contribution < -0.4 is 15.8 Å². The van der Waals surface area contributed by atoms with Crippen LogP contribution >= 0.6 is 0 Å². The summed E-state index contributed by atoms with van der Waals surface area (Å²) in [5.74, 6) is 0.0160. The van der Waals surface area contributed by atoms with E-state index in [-0.39, 0.29) is 0 Å². The highest BCUT2D eigenvalue weighted by Crippen LogP contribution is 2.21. The molecule has 5 nitrogen and oxygen atoms in total. The van der Waals surface area contributed by atoms with Gasteiger partial charge in [0.05, 0.1) is 5.69 Å². The minimum Gasteiger partial charge on any atom is -0.491 e. The second-order valence-corrected chi connectivity index (χ2v) is 4.18. The fourth-order valence-electron chi connectivity index (χ4n) is 1.74. The number of nitrogens with zero attached hydrogens (tertiary/aromatic N) is 1. The first-order valence-electron chi connectivity index (χ1n) is 6.17. The lowest BCUT2D eigenvalue weighted by Gasteiger charge is -2.12. The van der Waals surface area contributed by atoms with Crippen LogP contribution in [0.5, 0.6) is 5.75 Å². The maximum Gasteiger partial charge on any atom is 0.254 e. The van der Waals surface area contributed by atoms with Crippen LogP contribution in [-0.2, 0) is 0 Å². The molecule has 18 heavy (non-hydrogen) atoms. The molecule has 0 aromatic carbocycles. The van der Waals surface area contributed by atoms with Crippen LogP contribution in [0.3, 0.4) is 0 Å². The number of aryl methyl sites for hydroxylation is 2. The van der Waals surface area contributed by atoms with E-state index in [9.17, 15) is 4.79 Å². The maximum absolute atomic E-state index is 11.4. The molecule has 0 saturated carbocycles. The number of pyridine rings is 1. The van der Waals surface area contributed by atoms with Gasteiger partial charge in [0.2, 0.25) is 0 Å². The van der Waals surface area contributed by atoms with Gasteiger partial charge in [0, 0.05) is 18.3 Å². The lowest BCUT2D eigenvalue weighted by molar-refractivity contribution is 0.0995. The van der Waals surface area contributed by atoms with E-state index in [0.717, 1.165) is 25.2 Å². The van der Waals surface area contributed by atoms with E-state index in [4.69, 9.17) is 10.5 Å². The molecule has 1 amide bonds. The Hall–Kier alpha value is -1.62. The summed E-state index contributed by atoms with van der Waals surface area (Å²) in [4.78, 5) is 15.6. The van der Waals surface area contributed by atoms with Crippen molar-refractivity contribution in [1.82, 2.24) is 10.3 Å². The zero-order valence-corrected chi connectivity index (χ0v) is 11.2. The first-order chi connectivity index (χ1) is 8.56. The molecule has 0 aliphatic rings. The van der Waals surface area contributed by atoms with Gasteiger partial charge in [0.1, 0.15) is 17.9 Å². The van der Waals surface area contributed by atoms with Gasteiger partial charge < -0.3 is 15.8 Å². The number of rotatable bonds is 7. The van der Waals surface area contributed by atoms with E-state index in [1.54, 1.807) is 13.0 Å². The number of nitrogens with two attached hydrogens (primary N) is 1. The molecule has 100 valence electrons. The van der Waals surface area contributed by atoms with E-state index >= 15 is 0 Å². The molecule has 0 saturated heterocycles. The highest BCUT2D eigenvalue weighted by molar-refractivity contribution is 5.96. The van der Waals surface area contributed by atoms with E-state index in [0.29, 0.717) is 23.6 Å². The SMILES string of the molecule is CCCNCCOc1cc(C)nc(C)c1C(N)=O. The van der Waals surface area contributed by atoms with Crippen LogP contribution in [0.4, 0.5) is 0 Å². The summed E-state index contributed by atoms with van der Waals surface area (Å²) in [5, 5.41) is 3.23. The normalized spacial score (nSPS) is 10.4. The summed E-state index contributed by atoms with van der Waals surface area (Å²) in [6.07, 6.45) is 1.08. The molecule has 0 atom stereocenters. The Balaban J connectivity index is 2.71. The second kappa shape index (κ2) is 6.96. The average molecular weight is 251 g/mol. The minimum atomic E-state index is -0.503. The quantitative estimate of drug-likeness (QED) is 0.713. The minimum absolute atomic E-state index is 0.371. The number of hydrogen-bond donors (Lipinski definition) is 2. The molecular formula is C13H21N3O2. The van der Waals surface area contributed by atoms with Gasteiger partial charge in [-0.1, -0.05) is 6.92 Å². The Bertz CT molecular complexity index is 419. The van der Waals surface area contributed by atoms with Gasteiger partial charge in [-0.15, -0.1) is 0 Å². The monoisotopic (exact) mass is 251 g/mol. The Kier molecular flexibility index (Phi) is 5.58.